The van der Waals surface area contributed by atoms with E-state index in [0.29, 0.717) is 18.0 Å². The molecule has 4 N–H and O–H groups in total. The Bertz CT molecular complexity index is 366. The smallest absolute Gasteiger partial charge is 0.279 e. The number of thiophene rings is 1. The summed E-state index contributed by atoms with van der Waals surface area (Å²) in [4.78, 5) is 25.2. The highest BCUT2D eigenvalue weighted by atomic mass is 32.1. The van der Waals surface area contributed by atoms with Crippen LogP contribution in [-0.2, 0) is 4.79 Å². The van der Waals surface area contributed by atoms with Gasteiger partial charge in [0.2, 0.25) is 0 Å². The van der Waals surface area contributed by atoms with E-state index in [0.717, 1.165) is 0 Å². The maximum absolute atomic E-state index is 11.5. The van der Waals surface area contributed by atoms with Gasteiger partial charge in [0.15, 0.2) is 0 Å². The van der Waals surface area contributed by atoms with Crippen molar-refractivity contribution in [2.24, 2.45) is 5.73 Å². The van der Waals surface area contributed by atoms with Gasteiger partial charge < -0.3 is 5.73 Å². The Morgan fingerprint density at radius 1 is 1.47 bits per heavy atom. The lowest BCUT2D eigenvalue weighted by Crippen LogP contribution is -2.46. The first-order valence-corrected chi connectivity index (χ1v) is 6.02. The van der Waals surface area contributed by atoms with Gasteiger partial charge in [-0.3, -0.25) is 25.3 Å². The van der Waals surface area contributed by atoms with Gasteiger partial charge in [0.1, 0.15) is 0 Å². The normalized spacial score (nSPS) is 10.3. The zero-order valence-electron chi connectivity index (χ0n) is 9.60. The van der Waals surface area contributed by atoms with Gasteiger partial charge in [0, 0.05) is 13.1 Å². The molecule has 0 radical (unpaired) electrons. The Morgan fingerprint density at radius 3 is 2.82 bits per heavy atom. The average molecular weight is 256 g/mol. The summed E-state index contributed by atoms with van der Waals surface area (Å²) in [6, 6.07) is 3.46. The Kier molecular flexibility index (Phi) is 5.61. The molecule has 0 spiro atoms. The fourth-order valence-corrected chi connectivity index (χ4v) is 1.80. The molecule has 0 bridgehead atoms. The van der Waals surface area contributed by atoms with Gasteiger partial charge in [0.25, 0.3) is 11.8 Å². The van der Waals surface area contributed by atoms with E-state index < -0.39 is 0 Å². The maximum atomic E-state index is 11.5. The molecular weight excluding hydrogens is 240 g/mol. The molecule has 0 saturated heterocycles. The Hall–Kier alpha value is -1.44. The summed E-state index contributed by atoms with van der Waals surface area (Å²) in [6.07, 6.45) is 0. The lowest BCUT2D eigenvalue weighted by Gasteiger charge is -2.14. The fraction of sp³-hybridized carbons (Fsp3) is 0.400. The molecule has 1 aromatic heterocycles. The number of hydrogen-bond donors (Lipinski definition) is 3. The molecule has 1 heterocycles. The number of amides is 2. The van der Waals surface area contributed by atoms with Crippen molar-refractivity contribution in [1.29, 1.82) is 0 Å². The van der Waals surface area contributed by atoms with Gasteiger partial charge in [-0.15, -0.1) is 11.3 Å². The monoisotopic (exact) mass is 256 g/mol. The van der Waals surface area contributed by atoms with Gasteiger partial charge in [0.05, 0.1) is 11.4 Å². The second kappa shape index (κ2) is 7.00. The number of nitrogens with two attached hydrogens (primary N) is 1. The van der Waals surface area contributed by atoms with Crippen LogP contribution >= 0.6 is 11.3 Å². The van der Waals surface area contributed by atoms with Crippen LogP contribution in [0.15, 0.2) is 17.5 Å². The van der Waals surface area contributed by atoms with E-state index in [1.807, 2.05) is 0 Å². The van der Waals surface area contributed by atoms with E-state index in [2.05, 4.69) is 10.9 Å². The van der Waals surface area contributed by atoms with E-state index >= 15 is 0 Å². The third-order valence-corrected chi connectivity index (χ3v) is 2.85. The summed E-state index contributed by atoms with van der Waals surface area (Å²) < 4.78 is 0. The lowest BCUT2D eigenvalue weighted by molar-refractivity contribution is -0.122. The predicted octanol–water partition coefficient (Wildman–Crippen LogP) is -0.600. The van der Waals surface area contributed by atoms with Crippen molar-refractivity contribution in [1.82, 2.24) is 15.8 Å². The van der Waals surface area contributed by atoms with E-state index in [-0.39, 0.29) is 18.4 Å². The summed E-state index contributed by atoms with van der Waals surface area (Å²) in [5, 5.41) is 1.80. The molecular formula is C10H16N4O2S. The van der Waals surface area contributed by atoms with Crippen molar-refractivity contribution in [3.8, 4) is 0 Å². The lowest BCUT2D eigenvalue weighted by atomic mass is 10.4. The van der Waals surface area contributed by atoms with Crippen LogP contribution < -0.4 is 16.6 Å². The molecule has 0 saturated carbocycles. The highest BCUT2D eigenvalue weighted by molar-refractivity contribution is 7.12. The first-order valence-electron chi connectivity index (χ1n) is 5.14. The van der Waals surface area contributed by atoms with E-state index in [9.17, 15) is 9.59 Å². The van der Waals surface area contributed by atoms with Gasteiger partial charge in [-0.25, -0.2) is 0 Å². The molecule has 6 nitrogen and oxygen atoms in total. The molecule has 7 heteroatoms. The SMILES string of the molecule is CN(CCN)CC(=O)NNC(=O)c1cccs1. The number of likely N-dealkylation sites (N-methyl/N-ethyl adjacent to an activating group) is 1. The van der Waals surface area contributed by atoms with Crippen LogP contribution in [0.4, 0.5) is 0 Å². The second-order valence-corrected chi connectivity index (χ2v) is 4.45. The summed E-state index contributed by atoms with van der Waals surface area (Å²) in [6.45, 7) is 1.32. The third-order valence-electron chi connectivity index (χ3n) is 1.98. The van der Waals surface area contributed by atoms with Gasteiger partial charge in [-0.1, -0.05) is 6.07 Å². The molecule has 94 valence electrons. The Morgan fingerprint density at radius 2 is 2.24 bits per heavy atom. The molecule has 1 rings (SSSR count). The molecule has 2 amide bonds. The summed E-state index contributed by atoms with van der Waals surface area (Å²) in [5.41, 5.74) is 10.0. The van der Waals surface area contributed by atoms with E-state index in [4.69, 9.17) is 5.73 Å². The zero-order chi connectivity index (χ0) is 12.7. The first kappa shape index (κ1) is 13.6. The standard InChI is InChI=1S/C10H16N4O2S/c1-14(5-4-11)7-9(15)12-13-10(16)8-3-2-6-17-8/h2-3,6H,4-5,7,11H2,1H3,(H,12,15)(H,13,16). The summed E-state index contributed by atoms with van der Waals surface area (Å²) >= 11 is 1.31. The summed E-state index contributed by atoms with van der Waals surface area (Å²) in [7, 11) is 1.79. The number of hydrogen-bond acceptors (Lipinski definition) is 5. The molecule has 0 atom stereocenters. The number of nitrogens with zero attached hydrogens (tertiary/aromatic N) is 1. The van der Waals surface area contributed by atoms with E-state index in [1.54, 1.807) is 29.5 Å². The highest BCUT2D eigenvalue weighted by Crippen LogP contribution is 2.06. The van der Waals surface area contributed by atoms with Gasteiger partial charge in [-0.05, 0) is 18.5 Å². The minimum Gasteiger partial charge on any atom is -0.329 e. The Balaban J connectivity index is 2.26. The van der Waals surface area contributed by atoms with Crippen molar-refractivity contribution >= 4 is 23.2 Å². The quantitative estimate of drug-likeness (QED) is 0.614. The molecule has 0 fully saturated rings. The molecule has 0 aliphatic carbocycles. The molecule has 0 aromatic carbocycles. The minimum absolute atomic E-state index is 0.196. The van der Waals surface area contributed by atoms with Crippen molar-refractivity contribution in [3.63, 3.8) is 0 Å². The van der Waals surface area contributed by atoms with Crippen molar-refractivity contribution in [2.75, 3.05) is 26.7 Å². The minimum atomic E-state index is -0.310. The summed E-state index contributed by atoms with van der Waals surface area (Å²) in [5.74, 6) is -0.583. The van der Waals surface area contributed by atoms with Crippen molar-refractivity contribution < 1.29 is 9.59 Å². The maximum Gasteiger partial charge on any atom is 0.279 e. The molecule has 0 aliphatic rings. The number of carbonyl (C=O) groups excluding carboxylic acids is 2. The van der Waals surface area contributed by atoms with Crippen LogP contribution in [0.5, 0.6) is 0 Å². The van der Waals surface area contributed by atoms with Crippen LogP contribution in [0.3, 0.4) is 0 Å². The highest BCUT2D eigenvalue weighted by Gasteiger charge is 2.09. The fourth-order valence-electron chi connectivity index (χ4n) is 1.18. The third kappa shape index (κ3) is 4.94. The topological polar surface area (TPSA) is 87.5 Å². The number of hydrazine groups is 1. The molecule has 17 heavy (non-hydrogen) atoms. The molecule has 0 unspecified atom stereocenters. The predicted molar refractivity (Wildman–Crippen MR) is 66.5 cm³/mol. The molecule has 0 aliphatic heterocycles. The van der Waals surface area contributed by atoms with Crippen molar-refractivity contribution in [2.45, 2.75) is 0 Å². The van der Waals surface area contributed by atoms with Gasteiger partial charge in [-0.2, -0.15) is 0 Å². The largest absolute Gasteiger partial charge is 0.329 e. The first-order chi connectivity index (χ1) is 8.13. The van der Waals surface area contributed by atoms with Crippen LogP contribution in [0, 0.1) is 0 Å². The zero-order valence-corrected chi connectivity index (χ0v) is 10.4. The van der Waals surface area contributed by atoms with Crippen LogP contribution in [0.2, 0.25) is 0 Å². The van der Waals surface area contributed by atoms with Crippen molar-refractivity contribution in [3.05, 3.63) is 22.4 Å². The Labute approximate surface area is 104 Å². The van der Waals surface area contributed by atoms with E-state index in [1.165, 1.54) is 11.3 Å². The van der Waals surface area contributed by atoms with Crippen LogP contribution in [0.1, 0.15) is 9.67 Å². The number of carbonyl (C=O) groups is 2. The van der Waals surface area contributed by atoms with Gasteiger partial charge >= 0.3 is 0 Å². The second-order valence-electron chi connectivity index (χ2n) is 3.51. The van der Waals surface area contributed by atoms with Crippen LogP contribution in [-0.4, -0.2) is 43.4 Å². The average Bonchev–Trinajstić information content (AvgIpc) is 2.79. The number of nitrogens with one attached hydrogen (secondary N) is 2. The number of rotatable bonds is 5. The van der Waals surface area contributed by atoms with Crippen LogP contribution in [0.25, 0.3) is 0 Å². The molecule has 1 aromatic rings.